The number of aromatic nitrogens is 2. The lowest BCUT2D eigenvalue weighted by atomic mass is 10.3. The van der Waals surface area contributed by atoms with Crippen molar-refractivity contribution in [1.82, 2.24) is 9.13 Å². The van der Waals surface area contributed by atoms with E-state index in [0.29, 0.717) is 18.7 Å². The van der Waals surface area contributed by atoms with Crippen molar-refractivity contribution in [3.05, 3.63) is 32.6 Å². The van der Waals surface area contributed by atoms with Crippen LogP contribution in [0.1, 0.15) is 18.5 Å². The normalized spacial score (nSPS) is 10.6. The minimum absolute atomic E-state index is 0.125. The van der Waals surface area contributed by atoms with Crippen molar-refractivity contribution in [2.75, 3.05) is 6.61 Å². The van der Waals surface area contributed by atoms with E-state index in [-0.39, 0.29) is 17.9 Å². The first-order chi connectivity index (χ1) is 7.07. The molecule has 1 rings (SSSR count). The number of hydrogen-bond acceptors (Lipinski definition) is 3. The molecular weight excluding hydrogens is 196 g/mol. The monoisotopic (exact) mass is 212 g/mol. The maximum absolute atomic E-state index is 11.7. The van der Waals surface area contributed by atoms with Crippen LogP contribution in [0.2, 0.25) is 0 Å². The summed E-state index contributed by atoms with van der Waals surface area (Å²) in [5, 5.41) is 8.64. The van der Waals surface area contributed by atoms with E-state index in [9.17, 15) is 9.59 Å². The summed E-state index contributed by atoms with van der Waals surface area (Å²) in [5.41, 5.74) is 0.0925. The molecule has 0 aliphatic carbocycles. The molecule has 0 radical (unpaired) electrons. The maximum atomic E-state index is 11.7. The van der Waals surface area contributed by atoms with Gasteiger partial charge in [-0.25, -0.2) is 4.79 Å². The topological polar surface area (TPSA) is 64.2 Å². The number of aliphatic hydroxyl groups excluding tert-OH is 1. The van der Waals surface area contributed by atoms with Crippen LogP contribution in [0.3, 0.4) is 0 Å². The van der Waals surface area contributed by atoms with Gasteiger partial charge < -0.3 is 5.11 Å². The van der Waals surface area contributed by atoms with Crippen LogP contribution in [0, 0.1) is 6.92 Å². The minimum Gasteiger partial charge on any atom is -0.396 e. The highest BCUT2D eigenvalue weighted by molar-refractivity contribution is 4.99. The molecule has 1 aromatic heterocycles. The van der Waals surface area contributed by atoms with Gasteiger partial charge in [-0.15, -0.1) is 0 Å². The maximum Gasteiger partial charge on any atom is 0.330 e. The van der Waals surface area contributed by atoms with Crippen LogP contribution >= 0.6 is 0 Å². The molecule has 1 N–H and O–H groups in total. The molecule has 5 nitrogen and oxygen atoms in total. The first-order valence-corrected chi connectivity index (χ1v) is 4.96. The first kappa shape index (κ1) is 11.7. The molecule has 0 spiro atoms. The van der Waals surface area contributed by atoms with Crippen molar-refractivity contribution in [2.45, 2.75) is 26.3 Å². The average molecular weight is 212 g/mol. The SMILES string of the molecule is Cc1cc(=O)n(C)c(=O)n1CCCCO. The Labute approximate surface area is 87.6 Å². The predicted octanol–water partition coefficient (Wildman–Crippen LogP) is -0.372. The summed E-state index contributed by atoms with van der Waals surface area (Å²) in [7, 11) is 1.46. The Morgan fingerprint density at radius 1 is 1.33 bits per heavy atom. The first-order valence-electron chi connectivity index (χ1n) is 4.96. The van der Waals surface area contributed by atoms with Crippen molar-refractivity contribution in [1.29, 1.82) is 0 Å². The lowest BCUT2D eigenvalue weighted by molar-refractivity contribution is 0.280. The number of nitrogens with zero attached hydrogens (tertiary/aromatic N) is 2. The smallest absolute Gasteiger partial charge is 0.330 e. The van der Waals surface area contributed by atoms with Gasteiger partial charge in [0.2, 0.25) is 0 Å². The summed E-state index contributed by atoms with van der Waals surface area (Å²) in [6.07, 6.45) is 1.39. The molecule has 0 amide bonds. The second-order valence-corrected chi connectivity index (χ2v) is 3.55. The Balaban J connectivity index is 3.03. The summed E-state index contributed by atoms with van der Waals surface area (Å²) < 4.78 is 2.64. The third-order valence-electron chi connectivity index (χ3n) is 2.40. The van der Waals surface area contributed by atoms with Gasteiger partial charge in [0.05, 0.1) is 0 Å². The van der Waals surface area contributed by atoms with Gasteiger partial charge >= 0.3 is 5.69 Å². The minimum atomic E-state index is -0.294. The Hall–Kier alpha value is -1.36. The Kier molecular flexibility index (Phi) is 3.85. The predicted molar refractivity (Wildman–Crippen MR) is 57.0 cm³/mol. The van der Waals surface area contributed by atoms with Crippen LogP contribution in [0.5, 0.6) is 0 Å². The highest BCUT2D eigenvalue weighted by Crippen LogP contribution is 1.95. The summed E-state index contributed by atoms with van der Waals surface area (Å²) in [4.78, 5) is 22.9. The van der Waals surface area contributed by atoms with Crippen LogP contribution in [0.15, 0.2) is 15.7 Å². The molecule has 0 atom stereocenters. The van der Waals surface area contributed by atoms with Crippen LogP contribution in [0.25, 0.3) is 0 Å². The lowest BCUT2D eigenvalue weighted by Crippen LogP contribution is -2.38. The number of aliphatic hydroxyl groups is 1. The number of aryl methyl sites for hydroxylation is 1. The second kappa shape index (κ2) is 4.93. The molecule has 0 saturated heterocycles. The van der Waals surface area contributed by atoms with E-state index in [1.807, 2.05) is 0 Å². The van der Waals surface area contributed by atoms with Gasteiger partial charge in [-0.3, -0.25) is 13.9 Å². The van der Waals surface area contributed by atoms with Gasteiger partial charge in [-0.05, 0) is 19.8 Å². The van der Waals surface area contributed by atoms with Gasteiger partial charge in [-0.1, -0.05) is 0 Å². The largest absolute Gasteiger partial charge is 0.396 e. The van der Waals surface area contributed by atoms with Gasteiger partial charge in [0.1, 0.15) is 0 Å². The van der Waals surface area contributed by atoms with Crippen molar-refractivity contribution < 1.29 is 5.11 Å². The van der Waals surface area contributed by atoms with Crippen LogP contribution < -0.4 is 11.2 Å². The van der Waals surface area contributed by atoms with Gasteiger partial charge in [0.15, 0.2) is 0 Å². The molecule has 0 bridgehead atoms. The van der Waals surface area contributed by atoms with Crippen molar-refractivity contribution in [2.24, 2.45) is 7.05 Å². The van der Waals surface area contributed by atoms with E-state index < -0.39 is 0 Å². The molecule has 5 heteroatoms. The molecule has 0 aliphatic rings. The van der Waals surface area contributed by atoms with E-state index in [2.05, 4.69) is 0 Å². The number of hydrogen-bond donors (Lipinski definition) is 1. The zero-order chi connectivity index (χ0) is 11.4. The third-order valence-corrected chi connectivity index (χ3v) is 2.40. The molecule has 15 heavy (non-hydrogen) atoms. The van der Waals surface area contributed by atoms with E-state index in [1.54, 1.807) is 11.5 Å². The van der Waals surface area contributed by atoms with E-state index in [1.165, 1.54) is 13.1 Å². The standard InChI is InChI=1S/C10H16N2O3/c1-8-7-9(14)11(2)10(15)12(8)5-3-4-6-13/h7,13H,3-6H2,1-2H3. The van der Waals surface area contributed by atoms with Crippen LogP contribution in [0.4, 0.5) is 0 Å². The van der Waals surface area contributed by atoms with Gasteiger partial charge in [-0.2, -0.15) is 0 Å². The van der Waals surface area contributed by atoms with Crippen LogP contribution in [-0.2, 0) is 13.6 Å². The molecule has 1 heterocycles. The highest BCUT2D eigenvalue weighted by atomic mass is 16.3. The summed E-state index contributed by atoms with van der Waals surface area (Å²) in [6, 6.07) is 1.44. The number of rotatable bonds is 4. The average Bonchev–Trinajstić information content (AvgIpc) is 2.20. The molecule has 84 valence electrons. The van der Waals surface area contributed by atoms with E-state index >= 15 is 0 Å². The molecule has 0 fully saturated rings. The van der Waals surface area contributed by atoms with Gasteiger partial charge in [0, 0.05) is 32.0 Å². The van der Waals surface area contributed by atoms with Crippen molar-refractivity contribution in [3.8, 4) is 0 Å². The van der Waals surface area contributed by atoms with E-state index in [0.717, 1.165) is 11.0 Å². The van der Waals surface area contributed by atoms with Crippen molar-refractivity contribution in [3.63, 3.8) is 0 Å². The molecule has 0 aromatic carbocycles. The third kappa shape index (κ3) is 2.56. The van der Waals surface area contributed by atoms with Crippen molar-refractivity contribution >= 4 is 0 Å². The summed E-state index contributed by atoms with van der Waals surface area (Å²) >= 11 is 0. The van der Waals surface area contributed by atoms with Gasteiger partial charge in [0.25, 0.3) is 5.56 Å². The quantitative estimate of drug-likeness (QED) is 0.692. The molecular formula is C10H16N2O3. The second-order valence-electron chi connectivity index (χ2n) is 3.55. The molecule has 0 unspecified atom stereocenters. The molecule has 0 aliphatic heterocycles. The fourth-order valence-electron chi connectivity index (χ4n) is 1.43. The zero-order valence-corrected chi connectivity index (χ0v) is 9.06. The Morgan fingerprint density at radius 2 is 2.00 bits per heavy atom. The zero-order valence-electron chi connectivity index (χ0n) is 9.06. The summed E-state index contributed by atoms with van der Waals surface area (Å²) in [6.45, 7) is 2.40. The highest BCUT2D eigenvalue weighted by Gasteiger charge is 2.04. The van der Waals surface area contributed by atoms with E-state index in [4.69, 9.17) is 5.11 Å². The fourth-order valence-corrected chi connectivity index (χ4v) is 1.43. The Bertz CT molecular complexity index is 445. The molecule has 1 aromatic rings. The molecule has 0 saturated carbocycles. The lowest BCUT2D eigenvalue weighted by Gasteiger charge is -2.10. The number of unbranched alkanes of at least 4 members (excludes halogenated alkanes) is 1. The fraction of sp³-hybridized carbons (Fsp3) is 0.600. The Morgan fingerprint density at radius 3 is 2.60 bits per heavy atom. The van der Waals surface area contributed by atoms with Crippen LogP contribution in [-0.4, -0.2) is 20.8 Å². The summed E-state index contributed by atoms with van der Waals surface area (Å²) in [5.74, 6) is 0.